The van der Waals surface area contributed by atoms with Crippen molar-refractivity contribution in [2.45, 2.75) is 25.9 Å². The first-order valence-corrected chi connectivity index (χ1v) is 7.04. The molecule has 0 bridgehead atoms. The van der Waals surface area contributed by atoms with E-state index < -0.39 is 17.8 Å². The number of carbonyl (C=O) groups is 2. The molecular formula is C15H19FN2O3. The minimum absolute atomic E-state index is 0.0195. The maximum absolute atomic E-state index is 13.4. The molecule has 114 valence electrons. The van der Waals surface area contributed by atoms with Crippen molar-refractivity contribution in [3.63, 3.8) is 0 Å². The number of likely N-dealkylation sites (tertiary alicyclic amines) is 1. The molecule has 0 saturated carbocycles. The number of hydrogen-bond donors (Lipinski definition) is 1. The van der Waals surface area contributed by atoms with Crippen LogP contribution in [0.1, 0.15) is 19.8 Å². The zero-order chi connectivity index (χ0) is 15.2. The lowest BCUT2D eigenvalue weighted by molar-refractivity contribution is -0.134. The molecule has 1 atom stereocenters. The Hall–Kier alpha value is -2.11. The van der Waals surface area contributed by atoms with Crippen LogP contribution in [0.25, 0.3) is 0 Å². The Morgan fingerprint density at radius 2 is 2.00 bits per heavy atom. The number of carbonyl (C=O) groups excluding carboxylic acids is 2. The smallest absolute Gasteiger partial charge is 0.261 e. The molecule has 1 aliphatic rings. The quantitative estimate of drug-likeness (QED) is 0.891. The van der Waals surface area contributed by atoms with Crippen molar-refractivity contribution in [3.05, 3.63) is 30.1 Å². The van der Waals surface area contributed by atoms with Crippen LogP contribution in [-0.4, -0.2) is 42.5 Å². The number of benzene rings is 1. The van der Waals surface area contributed by atoms with Gasteiger partial charge in [0.25, 0.3) is 5.91 Å². The highest BCUT2D eigenvalue weighted by Crippen LogP contribution is 2.16. The van der Waals surface area contributed by atoms with Gasteiger partial charge in [0.05, 0.1) is 6.54 Å². The molecule has 2 rings (SSSR count). The summed E-state index contributed by atoms with van der Waals surface area (Å²) in [4.78, 5) is 25.4. The Balaban J connectivity index is 1.80. The first-order chi connectivity index (χ1) is 10.1. The summed E-state index contributed by atoms with van der Waals surface area (Å²) in [6.07, 6.45) is 1.15. The van der Waals surface area contributed by atoms with E-state index in [9.17, 15) is 14.0 Å². The molecular weight excluding hydrogens is 275 g/mol. The van der Waals surface area contributed by atoms with E-state index in [2.05, 4.69) is 5.32 Å². The van der Waals surface area contributed by atoms with Crippen LogP contribution in [0.3, 0.4) is 0 Å². The standard InChI is InChI=1S/C15H19FN2O3/c1-11(21-13-7-3-2-6-12(13)16)15(20)17-10-14(19)18-8-4-5-9-18/h2-3,6-7,11H,4-5,8-10H2,1H3,(H,17,20)/t11-/m0/s1. The normalized spacial score (nSPS) is 15.6. The van der Waals surface area contributed by atoms with E-state index >= 15 is 0 Å². The van der Waals surface area contributed by atoms with Gasteiger partial charge in [-0.25, -0.2) is 4.39 Å². The largest absolute Gasteiger partial charge is 0.478 e. The number of para-hydroxylation sites is 1. The van der Waals surface area contributed by atoms with Crippen molar-refractivity contribution in [1.82, 2.24) is 10.2 Å². The first kappa shape index (κ1) is 15.3. The Kier molecular flexibility index (Phi) is 5.14. The fourth-order valence-corrected chi connectivity index (χ4v) is 2.17. The fourth-order valence-electron chi connectivity index (χ4n) is 2.17. The minimum atomic E-state index is -0.867. The molecule has 1 aliphatic heterocycles. The van der Waals surface area contributed by atoms with Crippen molar-refractivity contribution in [1.29, 1.82) is 0 Å². The van der Waals surface area contributed by atoms with Crippen molar-refractivity contribution >= 4 is 11.8 Å². The van der Waals surface area contributed by atoms with Gasteiger partial charge in [-0.1, -0.05) is 12.1 Å². The van der Waals surface area contributed by atoms with Crippen LogP contribution in [0, 0.1) is 5.82 Å². The molecule has 0 unspecified atom stereocenters. The van der Waals surface area contributed by atoms with E-state index in [0.717, 1.165) is 25.9 Å². The van der Waals surface area contributed by atoms with Gasteiger partial charge in [-0.05, 0) is 31.9 Å². The zero-order valence-corrected chi connectivity index (χ0v) is 12.0. The Morgan fingerprint density at radius 3 is 2.67 bits per heavy atom. The van der Waals surface area contributed by atoms with Gasteiger partial charge in [0, 0.05) is 13.1 Å². The number of amides is 2. The van der Waals surface area contributed by atoms with Crippen molar-refractivity contribution < 1.29 is 18.7 Å². The Bertz CT molecular complexity index is 515. The number of nitrogens with zero attached hydrogens (tertiary/aromatic N) is 1. The predicted octanol–water partition coefficient (Wildman–Crippen LogP) is 1.33. The third-order valence-electron chi connectivity index (χ3n) is 3.38. The number of rotatable bonds is 5. The summed E-state index contributed by atoms with van der Waals surface area (Å²) in [7, 11) is 0. The van der Waals surface area contributed by atoms with E-state index in [1.165, 1.54) is 19.1 Å². The minimum Gasteiger partial charge on any atom is -0.478 e. The Labute approximate surface area is 123 Å². The molecule has 2 amide bonds. The summed E-state index contributed by atoms with van der Waals surface area (Å²) < 4.78 is 18.7. The topological polar surface area (TPSA) is 58.6 Å². The molecule has 0 aromatic heterocycles. The average Bonchev–Trinajstić information content (AvgIpc) is 3.01. The lowest BCUT2D eigenvalue weighted by Gasteiger charge is -2.18. The molecule has 0 aliphatic carbocycles. The molecule has 1 aromatic rings. The summed E-state index contributed by atoms with van der Waals surface area (Å²) in [6, 6.07) is 5.88. The van der Waals surface area contributed by atoms with Gasteiger partial charge in [0.1, 0.15) is 0 Å². The molecule has 6 heteroatoms. The van der Waals surface area contributed by atoms with Crippen LogP contribution in [0.15, 0.2) is 24.3 Å². The summed E-state index contributed by atoms with van der Waals surface area (Å²) >= 11 is 0. The fraction of sp³-hybridized carbons (Fsp3) is 0.467. The molecule has 1 fully saturated rings. The number of halogens is 1. The summed E-state index contributed by atoms with van der Waals surface area (Å²) in [5, 5.41) is 2.52. The van der Waals surface area contributed by atoms with E-state index in [4.69, 9.17) is 4.74 Å². The summed E-state index contributed by atoms with van der Waals surface area (Å²) in [5.74, 6) is -1.04. The van der Waals surface area contributed by atoms with Gasteiger partial charge in [-0.15, -0.1) is 0 Å². The third kappa shape index (κ3) is 4.18. The first-order valence-electron chi connectivity index (χ1n) is 7.04. The van der Waals surface area contributed by atoms with Crippen LogP contribution >= 0.6 is 0 Å². The number of nitrogens with one attached hydrogen (secondary N) is 1. The van der Waals surface area contributed by atoms with Crippen LogP contribution in [-0.2, 0) is 9.59 Å². The van der Waals surface area contributed by atoms with E-state index in [1.54, 1.807) is 17.0 Å². The lowest BCUT2D eigenvalue weighted by atomic mass is 10.3. The second-order valence-corrected chi connectivity index (χ2v) is 5.00. The van der Waals surface area contributed by atoms with Gasteiger partial charge >= 0.3 is 0 Å². The molecule has 5 nitrogen and oxygen atoms in total. The summed E-state index contributed by atoms with van der Waals surface area (Å²) in [6.45, 7) is 2.96. The highest BCUT2D eigenvalue weighted by molar-refractivity contribution is 5.87. The molecule has 1 heterocycles. The second kappa shape index (κ2) is 7.06. The second-order valence-electron chi connectivity index (χ2n) is 5.00. The van der Waals surface area contributed by atoms with Gasteiger partial charge in [0.2, 0.25) is 5.91 Å². The van der Waals surface area contributed by atoms with E-state index in [0.29, 0.717) is 0 Å². The van der Waals surface area contributed by atoms with Gasteiger partial charge in [-0.2, -0.15) is 0 Å². The molecule has 1 saturated heterocycles. The molecule has 0 radical (unpaired) electrons. The zero-order valence-electron chi connectivity index (χ0n) is 12.0. The Morgan fingerprint density at radius 1 is 1.33 bits per heavy atom. The predicted molar refractivity (Wildman–Crippen MR) is 75.3 cm³/mol. The van der Waals surface area contributed by atoms with Gasteiger partial charge in [0.15, 0.2) is 17.7 Å². The van der Waals surface area contributed by atoms with Crippen LogP contribution in [0.2, 0.25) is 0 Å². The highest BCUT2D eigenvalue weighted by atomic mass is 19.1. The van der Waals surface area contributed by atoms with Crippen LogP contribution < -0.4 is 10.1 Å². The number of ether oxygens (including phenoxy) is 1. The van der Waals surface area contributed by atoms with Gasteiger partial charge in [-0.3, -0.25) is 9.59 Å². The SMILES string of the molecule is C[C@H](Oc1ccccc1F)C(=O)NCC(=O)N1CCCC1. The van der Waals surface area contributed by atoms with Crippen molar-refractivity contribution in [2.75, 3.05) is 19.6 Å². The summed E-state index contributed by atoms with van der Waals surface area (Å²) in [5.41, 5.74) is 0. The van der Waals surface area contributed by atoms with Gasteiger partial charge < -0.3 is 15.0 Å². The monoisotopic (exact) mass is 294 g/mol. The maximum Gasteiger partial charge on any atom is 0.261 e. The highest BCUT2D eigenvalue weighted by Gasteiger charge is 2.21. The lowest BCUT2D eigenvalue weighted by Crippen LogP contribution is -2.43. The van der Waals surface area contributed by atoms with Crippen LogP contribution in [0.4, 0.5) is 4.39 Å². The molecule has 21 heavy (non-hydrogen) atoms. The maximum atomic E-state index is 13.4. The average molecular weight is 294 g/mol. The molecule has 1 aromatic carbocycles. The molecule has 1 N–H and O–H groups in total. The van der Waals surface area contributed by atoms with Crippen LogP contribution in [0.5, 0.6) is 5.75 Å². The van der Waals surface area contributed by atoms with E-state index in [-0.39, 0.29) is 18.2 Å². The third-order valence-corrected chi connectivity index (χ3v) is 3.38. The van der Waals surface area contributed by atoms with E-state index in [1.807, 2.05) is 0 Å². The molecule has 0 spiro atoms. The number of hydrogen-bond acceptors (Lipinski definition) is 3. The van der Waals surface area contributed by atoms with Crippen molar-refractivity contribution in [3.8, 4) is 5.75 Å². The van der Waals surface area contributed by atoms with Crippen molar-refractivity contribution in [2.24, 2.45) is 0 Å².